The van der Waals surface area contributed by atoms with Crippen LogP contribution in [-0.2, 0) is 17.8 Å². The van der Waals surface area contributed by atoms with Crippen molar-refractivity contribution in [3.63, 3.8) is 0 Å². The molecule has 0 saturated carbocycles. The molecule has 37 heavy (non-hydrogen) atoms. The topological polar surface area (TPSA) is 136 Å². The smallest absolute Gasteiger partial charge is 0.348 e. The van der Waals surface area contributed by atoms with Gasteiger partial charge in [-0.05, 0) is 39.9 Å². The third-order valence-electron chi connectivity index (χ3n) is 5.68. The highest BCUT2D eigenvalue weighted by molar-refractivity contribution is 7.18. The molecular formula is C28H24N2O6S. The van der Waals surface area contributed by atoms with Gasteiger partial charge in [0.2, 0.25) is 0 Å². The zero-order valence-corrected chi connectivity index (χ0v) is 20.4. The summed E-state index contributed by atoms with van der Waals surface area (Å²) in [5.41, 5.74) is 4.22. The average Bonchev–Trinajstić information content (AvgIpc) is 3.33. The number of thiophene rings is 1. The third kappa shape index (κ3) is 6.40. The van der Waals surface area contributed by atoms with Crippen molar-refractivity contribution in [1.29, 1.82) is 0 Å². The molecule has 2 amide bonds. The summed E-state index contributed by atoms with van der Waals surface area (Å²) in [6.45, 7) is -0.0453. The molecule has 0 saturated heterocycles. The monoisotopic (exact) mass is 516 g/mol. The highest BCUT2D eigenvalue weighted by Gasteiger charge is 2.23. The Morgan fingerprint density at radius 3 is 2.14 bits per heavy atom. The molecule has 0 aliphatic heterocycles. The number of aliphatic hydroxyl groups is 1. The standard InChI is InChI=1S/C28H24N2O6S/c31-16-18-9-11-19(12-10-18)20-7-4-8-21(14-20)24-15-22(25(37-24)27(34)35)29-28(36)30-23(26(32)33)13-17-5-2-1-3-6-17/h1-12,14-15,23,31H,13,16H2,(H,32,33)(H,34,35)(H2,29,30,36)/t23-/m0/s1. The predicted molar refractivity (Wildman–Crippen MR) is 142 cm³/mol. The largest absolute Gasteiger partial charge is 0.480 e. The molecule has 0 radical (unpaired) electrons. The lowest BCUT2D eigenvalue weighted by Gasteiger charge is -2.15. The number of amides is 2. The number of carboxylic acids is 2. The lowest BCUT2D eigenvalue weighted by Crippen LogP contribution is -2.44. The van der Waals surface area contributed by atoms with E-state index < -0.39 is 24.0 Å². The van der Waals surface area contributed by atoms with Crippen LogP contribution in [0.25, 0.3) is 21.6 Å². The summed E-state index contributed by atoms with van der Waals surface area (Å²) in [6, 6.07) is 23.4. The van der Waals surface area contributed by atoms with Gasteiger partial charge >= 0.3 is 18.0 Å². The molecule has 0 unspecified atom stereocenters. The fourth-order valence-electron chi connectivity index (χ4n) is 3.81. The molecule has 4 rings (SSSR count). The van der Waals surface area contributed by atoms with E-state index in [2.05, 4.69) is 10.6 Å². The second-order valence-electron chi connectivity index (χ2n) is 8.27. The predicted octanol–water partition coefficient (Wildman–Crippen LogP) is 5.09. The molecule has 1 aromatic heterocycles. The van der Waals surface area contributed by atoms with E-state index in [1.807, 2.05) is 54.6 Å². The summed E-state index contributed by atoms with van der Waals surface area (Å²) in [5.74, 6) is -2.41. The molecule has 0 aliphatic carbocycles. The van der Waals surface area contributed by atoms with Crippen LogP contribution in [0.3, 0.4) is 0 Å². The highest BCUT2D eigenvalue weighted by atomic mass is 32.1. The fraction of sp³-hybridized carbons (Fsp3) is 0.107. The van der Waals surface area contributed by atoms with Gasteiger partial charge in [0.15, 0.2) is 0 Å². The normalized spacial score (nSPS) is 11.5. The van der Waals surface area contributed by atoms with E-state index in [9.17, 15) is 29.7 Å². The quantitative estimate of drug-likeness (QED) is 0.210. The first kappa shape index (κ1) is 25.6. The molecule has 188 valence electrons. The second kappa shape index (κ2) is 11.5. The van der Waals surface area contributed by atoms with Crippen LogP contribution >= 0.6 is 11.3 Å². The van der Waals surface area contributed by atoms with Crippen LogP contribution in [-0.4, -0.2) is 39.3 Å². The van der Waals surface area contributed by atoms with Gasteiger partial charge < -0.3 is 26.0 Å². The summed E-state index contributed by atoms with van der Waals surface area (Å²) >= 11 is 1.01. The molecule has 0 spiro atoms. The van der Waals surface area contributed by atoms with Crippen molar-refractivity contribution < 1.29 is 29.7 Å². The average molecular weight is 517 g/mol. The molecule has 8 nitrogen and oxygen atoms in total. The Bertz CT molecular complexity index is 1420. The summed E-state index contributed by atoms with van der Waals surface area (Å²) in [4.78, 5) is 36.8. The lowest BCUT2D eigenvalue weighted by atomic mass is 10.0. The number of carbonyl (C=O) groups is 3. The van der Waals surface area contributed by atoms with Crippen molar-refractivity contribution >= 4 is 35.0 Å². The number of benzene rings is 3. The minimum Gasteiger partial charge on any atom is -0.480 e. The minimum atomic E-state index is -1.21. The number of rotatable bonds is 9. The van der Waals surface area contributed by atoms with Crippen LogP contribution in [0.1, 0.15) is 20.8 Å². The second-order valence-corrected chi connectivity index (χ2v) is 9.33. The maximum atomic E-state index is 12.6. The van der Waals surface area contributed by atoms with Crippen LogP contribution in [0.2, 0.25) is 0 Å². The van der Waals surface area contributed by atoms with Gasteiger partial charge in [-0.2, -0.15) is 0 Å². The van der Waals surface area contributed by atoms with Crippen molar-refractivity contribution in [3.8, 4) is 21.6 Å². The van der Waals surface area contributed by atoms with Crippen LogP contribution in [0, 0.1) is 0 Å². The van der Waals surface area contributed by atoms with E-state index in [1.165, 1.54) is 0 Å². The maximum Gasteiger partial charge on any atom is 0.348 e. The lowest BCUT2D eigenvalue weighted by molar-refractivity contribution is -0.139. The Labute approximate surface area is 216 Å². The number of urea groups is 1. The number of carboxylic acid groups (broad SMARTS) is 2. The highest BCUT2D eigenvalue weighted by Crippen LogP contribution is 2.36. The van der Waals surface area contributed by atoms with Crippen molar-refractivity contribution in [2.75, 3.05) is 5.32 Å². The Morgan fingerprint density at radius 2 is 1.49 bits per heavy atom. The number of aromatic carboxylic acids is 1. The van der Waals surface area contributed by atoms with Gasteiger partial charge in [-0.25, -0.2) is 14.4 Å². The van der Waals surface area contributed by atoms with Gasteiger partial charge in [0.25, 0.3) is 0 Å². The maximum absolute atomic E-state index is 12.6. The Kier molecular flexibility index (Phi) is 7.97. The van der Waals surface area contributed by atoms with Crippen molar-refractivity contribution in [3.05, 3.63) is 101 Å². The van der Waals surface area contributed by atoms with Gasteiger partial charge in [-0.1, -0.05) is 72.8 Å². The van der Waals surface area contributed by atoms with E-state index in [4.69, 9.17) is 0 Å². The number of hydrogen-bond donors (Lipinski definition) is 5. The SMILES string of the molecule is O=C(Nc1cc(-c2cccc(-c3ccc(CO)cc3)c2)sc1C(=O)O)N[C@@H](Cc1ccccc1)C(=O)O. The van der Waals surface area contributed by atoms with E-state index in [-0.39, 0.29) is 23.6 Å². The zero-order chi connectivity index (χ0) is 26.4. The first-order chi connectivity index (χ1) is 17.8. The van der Waals surface area contributed by atoms with E-state index in [0.717, 1.165) is 39.2 Å². The van der Waals surface area contributed by atoms with Crippen LogP contribution in [0.4, 0.5) is 10.5 Å². The van der Waals surface area contributed by atoms with E-state index >= 15 is 0 Å². The number of anilines is 1. The van der Waals surface area contributed by atoms with Gasteiger partial charge in [0.05, 0.1) is 12.3 Å². The Balaban J connectivity index is 1.54. The van der Waals surface area contributed by atoms with Crippen molar-refractivity contribution in [2.45, 2.75) is 19.1 Å². The third-order valence-corrected chi connectivity index (χ3v) is 6.85. The van der Waals surface area contributed by atoms with E-state index in [1.54, 1.807) is 30.3 Å². The summed E-state index contributed by atoms with van der Waals surface area (Å²) in [6.07, 6.45) is 0.0797. The van der Waals surface area contributed by atoms with Gasteiger partial charge in [0, 0.05) is 11.3 Å². The molecule has 0 bridgehead atoms. The Hall–Kier alpha value is -4.47. The van der Waals surface area contributed by atoms with Crippen LogP contribution < -0.4 is 10.6 Å². The van der Waals surface area contributed by atoms with Crippen molar-refractivity contribution in [1.82, 2.24) is 5.32 Å². The number of aliphatic carboxylic acids is 1. The first-order valence-electron chi connectivity index (χ1n) is 11.4. The number of aliphatic hydroxyl groups excluding tert-OH is 1. The summed E-state index contributed by atoms with van der Waals surface area (Å²) < 4.78 is 0. The van der Waals surface area contributed by atoms with Gasteiger partial charge in [-0.15, -0.1) is 11.3 Å². The molecule has 0 fully saturated rings. The first-order valence-corrected chi connectivity index (χ1v) is 12.2. The van der Waals surface area contributed by atoms with Crippen LogP contribution in [0.15, 0.2) is 84.9 Å². The number of hydrogen-bond acceptors (Lipinski definition) is 5. The molecule has 1 atom stereocenters. The molecule has 9 heteroatoms. The van der Waals surface area contributed by atoms with Crippen molar-refractivity contribution in [2.24, 2.45) is 0 Å². The number of nitrogens with one attached hydrogen (secondary N) is 2. The van der Waals surface area contributed by atoms with Gasteiger partial charge in [0.1, 0.15) is 10.9 Å². The molecule has 5 N–H and O–H groups in total. The molecule has 3 aromatic carbocycles. The number of carbonyl (C=O) groups excluding carboxylic acids is 1. The summed E-state index contributed by atoms with van der Waals surface area (Å²) in [5, 5.41) is 33.4. The zero-order valence-electron chi connectivity index (χ0n) is 19.5. The van der Waals surface area contributed by atoms with Crippen LogP contribution in [0.5, 0.6) is 0 Å². The van der Waals surface area contributed by atoms with Gasteiger partial charge in [-0.3, -0.25) is 0 Å². The summed E-state index contributed by atoms with van der Waals surface area (Å²) in [7, 11) is 0. The minimum absolute atomic E-state index is 0.0453. The molecule has 1 heterocycles. The Morgan fingerprint density at radius 1 is 0.784 bits per heavy atom. The fourth-order valence-corrected chi connectivity index (χ4v) is 4.75. The van der Waals surface area contributed by atoms with E-state index in [0.29, 0.717) is 4.88 Å². The molecule has 0 aliphatic rings. The molecular weight excluding hydrogens is 492 g/mol. The molecule has 4 aromatic rings.